The first kappa shape index (κ1) is 9.09. The minimum atomic E-state index is 0.360. The smallest absolute Gasteiger partial charge is 0.171 e. The minimum Gasteiger partial charge on any atom is -0.482 e. The summed E-state index contributed by atoms with van der Waals surface area (Å²) >= 11 is 5.80. The van der Waals surface area contributed by atoms with Gasteiger partial charge >= 0.3 is 0 Å². The highest BCUT2D eigenvalue weighted by Gasteiger charge is 2.02. The van der Waals surface area contributed by atoms with Crippen LogP contribution in [0.1, 0.15) is 5.76 Å². The third kappa shape index (κ3) is 2.06. The van der Waals surface area contributed by atoms with Crippen molar-refractivity contribution in [2.24, 2.45) is 0 Å². The van der Waals surface area contributed by atoms with Crippen molar-refractivity contribution in [3.63, 3.8) is 0 Å². The maximum absolute atomic E-state index is 5.80. The van der Waals surface area contributed by atoms with Gasteiger partial charge in [0.05, 0.1) is 6.26 Å². The highest BCUT2D eigenvalue weighted by atomic mass is 35.5. The second kappa shape index (κ2) is 4.15. The van der Waals surface area contributed by atoms with E-state index in [0.29, 0.717) is 17.5 Å². The van der Waals surface area contributed by atoms with Crippen LogP contribution in [0, 0.1) is 0 Å². The van der Waals surface area contributed by atoms with Gasteiger partial charge in [0.2, 0.25) is 0 Å². The predicted octanol–water partition coefficient (Wildman–Crippen LogP) is 2.91. The summed E-state index contributed by atoms with van der Waals surface area (Å²) in [6.45, 7) is 0.360. The summed E-state index contributed by atoms with van der Waals surface area (Å²) in [4.78, 5) is 3.89. The van der Waals surface area contributed by atoms with Gasteiger partial charge in [0, 0.05) is 6.20 Å². The van der Waals surface area contributed by atoms with Crippen LogP contribution in [0.2, 0.25) is 5.15 Å². The van der Waals surface area contributed by atoms with Gasteiger partial charge in [0.25, 0.3) is 0 Å². The molecule has 0 N–H and O–H groups in total. The summed E-state index contributed by atoms with van der Waals surface area (Å²) in [6, 6.07) is 7.18. The van der Waals surface area contributed by atoms with Gasteiger partial charge < -0.3 is 9.15 Å². The number of hydrogen-bond donors (Lipinski definition) is 0. The largest absolute Gasteiger partial charge is 0.482 e. The van der Waals surface area contributed by atoms with Crippen LogP contribution in [0.25, 0.3) is 0 Å². The van der Waals surface area contributed by atoms with Gasteiger partial charge in [-0.3, -0.25) is 0 Å². The van der Waals surface area contributed by atoms with E-state index < -0.39 is 0 Å². The molecule has 2 rings (SSSR count). The number of ether oxygens (including phenoxy) is 1. The number of halogens is 1. The molecule has 3 nitrogen and oxygen atoms in total. The Kier molecular flexibility index (Phi) is 2.70. The van der Waals surface area contributed by atoms with Crippen molar-refractivity contribution < 1.29 is 9.15 Å². The zero-order chi connectivity index (χ0) is 9.80. The molecule has 2 aromatic rings. The Morgan fingerprint density at radius 3 is 3.00 bits per heavy atom. The molecule has 0 radical (unpaired) electrons. The summed E-state index contributed by atoms with van der Waals surface area (Å²) < 4.78 is 10.5. The maximum atomic E-state index is 5.80. The maximum Gasteiger partial charge on any atom is 0.171 e. The van der Waals surface area contributed by atoms with Crippen molar-refractivity contribution in [3.8, 4) is 5.75 Å². The van der Waals surface area contributed by atoms with Crippen molar-refractivity contribution in [2.75, 3.05) is 0 Å². The molecule has 0 unspecified atom stereocenters. The molecule has 14 heavy (non-hydrogen) atoms. The van der Waals surface area contributed by atoms with E-state index in [4.69, 9.17) is 20.8 Å². The van der Waals surface area contributed by atoms with Crippen LogP contribution in [-0.2, 0) is 6.61 Å². The Balaban J connectivity index is 2.02. The molecule has 0 saturated heterocycles. The lowest BCUT2D eigenvalue weighted by Crippen LogP contribution is -1.94. The summed E-state index contributed by atoms with van der Waals surface area (Å²) in [5, 5.41) is 0.360. The first-order valence-corrected chi connectivity index (χ1v) is 4.50. The molecule has 0 amide bonds. The van der Waals surface area contributed by atoms with Gasteiger partial charge in [0.1, 0.15) is 12.4 Å². The van der Waals surface area contributed by atoms with E-state index in [9.17, 15) is 0 Å². The molecule has 0 aromatic carbocycles. The van der Waals surface area contributed by atoms with Gasteiger partial charge in [-0.1, -0.05) is 11.6 Å². The number of pyridine rings is 1. The quantitative estimate of drug-likeness (QED) is 0.730. The standard InChI is InChI=1S/C10H8ClNO2/c11-10-9(4-1-5-12-10)14-7-8-3-2-6-13-8/h1-6H,7H2. The van der Waals surface area contributed by atoms with Crippen LogP contribution in [0.3, 0.4) is 0 Å². The molecule has 2 aromatic heterocycles. The number of rotatable bonds is 3. The molecule has 72 valence electrons. The highest BCUT2D eigenvalue weighted by molar-refractivity contribution is 6.30. The Bertz CT molecular complexity index is 400. The Hall–Kier alpha value is -1.48. The van der Waals surface area contributed by atoms with E-state index in [2.05, 4.69) is 4.98 Å². The second-order valence-corrected chi connectivity index (χ2v) is 3.02. The molecule has 0 spiro atoms. The van der Waals surface area contributed by atoms with Crippen LogP contribution < -0.4 is 4.74 Å². The Labute approximate surface area is 86.3 Å². The fourth-order valence-corrected chi connectivity index (χ4v) is 1.20. The third-order valence-corrected chi connectivity index (χ3v) is 1.96. The average molecular weight is 210 g/mol. The van der Waals surface area contributed by atoms with Crippen molar-refractivity contribution in [1.82, 2.24) is 4.98 Å². The van der Waals surface area contributed by atoms with Gasteiger partial charge in [-0.05, 0) is 24.3 Å². The average Bonchev–Trinajstić information content (AvgIpc) is 2.69. The summed E-state index contributed by atoms with van der Waals surface area (Å²) in [5.41, 5.74) is 0. The number of aromatic nitrogens is 1. The van der Waals surface area contributed by atoms with Crippen LogP contribution >= 0.6 is 11.6 Å². The predicted molar refractivity (Wildman–Crippen MR) is 52.3 cm³/mol. The molecule has 0 atom stereocenters. The SMILES string of the molecule is Clc1ncccc1OCc1ccco1. The number of furan rings is 1. The van der Waals surface area contributed by atoms with Gasteiger partial charge in [-0.25, -0.2) is 4.98 Å². The fraction of sp³-hybridized carbons (Fsp3) is 0.100. The number of nitrogens with zero attached hydrogens (tertiary/aromatic N) is 1. The Morgan fingerprint density at radius 2 is 2.29 bits per heavy atom. The highest BCUT2D eigenvalue weighted by Crippen LogP contribution is 2.21. The van der Waals surface area contributed by atoms with E-state index in [-0.39, 0.29) is 0 Å². The van der Waals surface area contributed by atoms with Crippen molar-refractivity contribution in [3.05, 3.63) is 47.6 Å². The molecular weight excluding hydrogens is 202 g/mol. The third-order valence-electron chi connectivity index (χ3n) is 1.67. The summed E-state index contributed by atoms with van der Waals surface area (Å²) in [6.07, 6.45) is 3.21. The topological polar surface area (TPSA) is 35.3 Å². The van der Waals surface area contributed by atoms with Crippen molar-refractivity contribution in [1.29, 1.82) is 0 Å². The van der Waals surface area contributed by atoms with Gasteiger partial charge in [0.15, 0.2) is 10.9 Å². The first-order chi connectivity index (χ1) is 6.86. The lowest BCUT2D eigenvalue weighted by atomic mass is 10.4. The Morgan fingerprint density at radius 1 is 1.36 bits per heavy atom. The first-order valence-electron chi connectivity index (χ1n) is 4.12. The molecular formula is C10H8ClNO2. The monoisotopic (exact) mass is 209 g/mol. The van der Waals surface area contributed by atoms with Crippen LogP contribution in [0.4, 0.5) is 0 Å². The van der Waals surface area contributed by atoms with E-state index in [1.54, 1.807) is 24.6 Å². The zero-order valence-electron chi connectivity index (χ0n) is 7.31. The summed E-state index contributed by atoms with van der Waals surface area (Å²) in [5.74, 6) is 1.32. The minimum absolute atomic E-state index is 0.360. The lowest BCUT2D eigenvalue weighted by Gasteiger charge is -2.04. The van der Waals surface area contributed by atoms with E-state index in [1.807, 2.05) is 12.1 Å². The van der Waals surface area contributed by atoms with Crippen molar-refractivity contribution in [2.45, 2.75) is 6.61 Å². The van der Waals surface area contributed by atoms with Gasteiger partial charge in [-0.2, -0.15) is 0 Å². The molecule has 0 bridgehead atoms. The molecule has 4 heteroatoms. The van der Waals surface area contributed by atoms with E-state index >= 15 is 0 Å². The van der Waals surface area contributed by atoms with Crippen LogP contribution in [0.15, 0.2) is 41.1 Å². The molecule has 0 saturated carbocycles. The molecule has 0 fully saturated rings. The molecule has 2 heterocycles. The second-order valence-electron chi connectivity index (χ2n) is 2.66. The van der Waals surface area contributed by atoms with Crippen LogP contribution in [-0.4, -0.2) is 4.98 Å². The molecule has 0 aliphatic rings. The number of hydrogen-bond acceptors (Lipinski definition) is 3. The lowest BCUT2D eigenvalue weighted by molar-refractivity contribution is 0.269. The molecule has 0 aliphatic carbocycles. The van der Waals surface area contributed by atoms with Gasteiger partial charge in [-0.15, -0.1) is 0 Å². The molecule has 0 aliphatic heterocycles. The summed E-state index contributed by atoms with van der Waals surface area (Å²) in [7, 11) is 0. The van der Waals surface area contributed by atoms with Crippen molar-refractivity contribution >= 4 is 11.6 Å². The zero-order valence-corrected chi connectivity index (χ0v) is 8.07. The van der Waals surface area contributed by atoms with E-state index in [0.717, 1.165) is 5.76 Å². The normalized spacial score (nSPS) is 10.1. The fourth-order valence-electron chi connectivity index (χ4n) is 1.02. The van der Waals surface area contributed by atoms with E-state index in [1.165, 1.54) is 0 Å². The van der Waals surface area contributed by atoms with Crippen LogP contribution in [0.5, 0.6) is 5.75 Å².